The Morgan fingerprint density at radius 1 is 1.21 bits per heavy atom. The van der Waals surface area contributed by atoms with Gasteiger partial charge in [-0.25, -0.2) is 0 Å². The number of benzene rings is 1. The summed E-state index contributed by atoms with van der Waals surface area (Å²) in [6.07, 6.45) is 3.41. The van der Waals surface area contributed by atoms with Crippen molar-refractivity contribution in [2.24, 2.45) is 11.3 Å². The summed E-state index contributed by atoms with van der Waals surface area (Å²) >= 11 is 2.93. The van der Waals surface area contributed by atoms with Crippen molar-refractivity contribution in [2.45, 2.75) is 42.2 Å². The van der Waals surface area contributed by atoms with Crippen molar-refractivity contribution in [1.29, 1.82) is 0 Å². The molecule has 2 heterocycles. The number of hydrogen-bond donors (Lipinski definition) is 0. The number of carbonyl (C=O) groups is 3. The zero-order valence-electron chi connectivity index (χ0n) is 16.1. The molecule has 1 fully saturated rings. The van der Waals surface area contributed by atoms with E-state index in [4.69, 9.17) is 0 Å². The number of Topliss-reactive ketones (excluding diaryl/α,β-unsaturated/α-hetero) is 1. The van der Waals surface area contributed by atoms with E-state index in [1.54, 1.807) is 0 Å². The van der Waals surface area contributed by atoms with E-state index in [2.05, 4.69) is 0 Å². The summed E-state index contributed by atoms with van der Waals surface area (Å²) < 4.78 is 0.830. The Balaban J connectivity index is 1.82. The van der Waals surface area contributed by atoms with E-state index in [9.17, 15) is 14.4 Å². The van der Waals surface area contributed by atoms with Crippen molar-refractivity contribution < 1.29 is 14.4 Å². The van der Waals surface area contributed by atoms with Gasteiger partial charge in [0, 0.05) is 23.5 Å². The number of nitrogens with zero attached hydrogens (tertiary/aromatic N) is 1. The Hall–Kier alpha value is -1.92. The fourth-order valence-corrected chi connectivity index (χ4v) is 6.65. The van der Waals surface area contributed by atoms with Gasteiger partial charge in [0.05, 0.1) is 15.0 Å². The van der Waals surface area contributed by atoms with Crippen molar-refractivity contribution >= 4 is 41.1 Å². The van der Waals surface area contributed by atoms with E-state index in [1.807, 2.05) is 49.1 Å². The van der Waals surface area contributed by atoms with Crippen LogP contribution in [0.2, 0.25) is 0 Å². The number of fused-ring (bicyclic) bond motifs is 1. The highest BCUT2D eigenvalue weighted by Gasteiger charge is 2.45. The molecule has 2 aromatic rings. The van der Waals surface area contributed by atoms with Gasteiger partial charge in [-0.3, -0.25) is 9.59 Å². The SMILES string of the molecule is CC1(C)Cc2c(C(=O)N3CCCC3)sc(Sc3ccccc3)c2C(=O)C1C=O. The van der Waals surface area contributed by atoms with Crippen LogP contribution in [0.5, 0.6) is 0 Å². The van der Waals surface area contributed by atoms with Crippen LogP contribution in [-0.4, -0.2) is 36.0 Å². The number of thiophene rings is 1. The molecule has 1 unspecified atom stereocenters. The second-order valence-corrected chi connectivity index (χ2v) is 10.5. The summed E-state index contributed by atoms with van der Waals surface area (Å²) in [7, 11) is 0. The highest BCUT2D eigenvalue weighted by atomic mass is 32.2. The molecule has 0 radical (unpaired) electrons. The lowest BCUT2D eigenvalue weighted by atomic mass is 9.67. The van der Waals surface area contributed by atoms with Gasteiger partial charge in [-0.05, 0) is 42.4 Å². The average Bonchev–Trinajstić information content (AvgIpc) is 3.30. The van der Waals surface area contributed by atoms with Gasteiger partial charge in [-0.15, -0.1) is 11.3 Å². The summed E-state index contributed by atoms with van der Waals surface area (Å²) in [5, 5.41) is 0. The largest absolute Gasteiger partial charge is 0.338 e. The molecule has 1 aliphatic heterocycles. The molecule has 1 atom stereocenters. The first-order valence-corrected chi connectivity index (χ1v) is 11.2. The second-order valence-electron chi connectivity index (χ2n) is 8.13. The summed E-state index contributed by atoms with van der Waals surface area (Å²) in [6, 6.07) is 9.85. The molecule has 28 heavy (non-hydrogen) atoms. The van der Waals surface area contributed by atoms with Gasteiger partial charge in [0.15, 0.2) is 5.78 Å². The van der Waals surface area contributed by atoms with Gasteiger partial charge in [0.2, 0.25) is 0 Å². The monoisotopic (exact) mass is 413 g/mol. The maximum Gasteiger partial charge on any atom is 0.264 e. The predicted molar refractivity (Wildman–Crippen MR) is 111 cm³/mol. The summed E-state index contributed by atoms with van der Waals surface area (Å²) in [4.78, 5) is 41.8. The van der Waals surface area contributed by atoms with Crippen molar-refractivity contribution in [2.75, 3.05) is 13.1 Å². The van der Waals surface area contributed by atoms with Crippen LogP contribution < -0.4 is 0 Å². The second kappa shape index (κ2) is 7.48. The van der Waals surface area contributed by atoms with Crippen LogP contribution in [0.4, 0.5) is 0 Å². The van der Waals surface area contributed by atoms with Crippen LogP contribution in [0.3, 0.4) is 0 Å². The topological polar surface area (TPSA) is 54.5 Å². The van der Waals surface area contributed by atoms with Crippen molar-refractivity contribution in [3.8, 4) is 0 Å². The normalized spacial score (nSPS) is 20.9. The summed E-state index contributed by atoms with van der Waals surface area (Å²) in [6.45, 7) is 5.44. The molecule has 1 aromatic carbocycles. The number of likely N-dealkylation sites (tertiary alicyclic amines) is 1. The van der Waals surface area contributed by atoms with E-state index in [-0.39, 0.29) is 11.7 Å². The summed E-state index contributed by atoms with van der Waals surface area (Å²) in [5.41, 5.74) is 0.952. The Morgan fingerprint density at radius 2 is 1.89 bits per heavy atom. The molecule has 0 N–H and O–H groups in total. The Morgan fingerprint density at radius 3 is 2.54 bits per heavy atom. The van der Waals surface area contributed by atoms with E-state index in [1.165, 1.54) is 23.1 Å². The molecule has 1 saturated heterocycles. The highest BCUT2D eigenvalue weighted by molar-refractivity contribution is 8.01. The minimum Gasteiger partial charge on any atom is -0.338 e. The van der Waals surface area contributed by atoms with Crippen LogP contribution in [0.15, 0.2) is 39.4 Å². The number of aldehydes is 1. The smallest absolute Gasteiger partial charge is 0.264 e. The van der Waals surface area contributed by atoms with Crippen molar-refractivity contribution in [3.05, 3.63) is 46.3 Å². The fourth-order valence-electron chi connectivity index (χ4n) is 4.09. The van der Waals surface area contributed by atoms with Gasteiger partial charge < -0.3 is 9.69 Å². The lowest BCUT2D eigenvalue weighted by Gasteiger charge is -2.35. The number of ketones is 1. The first-order chi connectivity index (χ1) is 13.4. The molecule has 0 spiro atoms. The third-order valence-corrected chi connectivity index (χ3v) is 8.07. The summed E-state index contributed by atoms with van der Waals surface area (Å²) in [5.74, 6) is -0.775. The Bertz CT molecular complexity index is 927. The highest BCUT2D eigenvalue weighted by Crippen LogP contribution is 2.48. The molecule has 1 aromatic heterocycles. The molecule has 0 saturated carbocycles. The first kappa shape index (κ1) is 19.4. The zero-order chi connectivity index (χ0) is 19.9. The molecule has 1 amide bonds. The minimum absolute atomic E-state index is 0.0341. The molecule has 2 aliphatic rings. The standard InChI is InChI=1S/C22H23NO3S2/c1-22(2)12-15-17(18(25)16(22)13-24)21(27-14-8-4-3-5-9-14)28-19(15)20(26)23-10-6-7-11-23/h3-5,8-9,13,16H,6-7,10-12H2,1-2H3. The maximum atomic E-state index is 13.3. The Labute approximate surface area is 173 Å². The molecule has 6 heteroatoms. The number of amides is 1. The van der Waals surface area contributed by atoms with Crippen LogP contribution >= 0.6 is 23.1 Å². The van der Waals surface area contributed by atoms with Gasteiger partial charge in [0.1, 0.15) is 6.29 Å². The van der Waals surface area contributed by atoms with Crippen LogP contribution in [0, 0.1) is 11.3 Å². The van der Waals surface area contributed by atoms with Crippen LogP contribution in [-0.2, 0) is 11.2 Å². The van der Waals surface area contributed by atoms with E-state index < -0.39 is 11.3 Å². The van der Waals surface area contributed by atoms with E-state index >= 15 is 0 Å². The molecular formula is C22H23NO3S2. The molecule has 0 bridgehead atoms. The van der Waals surface area contributed by atoms with Crippen molar-refractivity contribution in [1.82, 2.24) is 4.90 Å². The third-order valence-electron chi connectivity index (χ3n) is 5.66. The van der Waals surface area contributed by atoms with Gasteiger partial charge in [-0.2, -0.15) is 0 Å². The van der Waals surface area contributed by atoms with E-state index in [0.29, 0.717) is 16.9 Å². The fraction of sp³-hybridized carbons (Fsp3) is 0.409. The molecular weight excluding hydrogens is 390 g/mol. The zero-order valence-corrected chi connectivity index (χ0v) is 17.7. The lowest BCUT2D eigenvalue weighted by Crippen LogP contribution is -2.39. The quantitative estimate of drug-likeness (QED) is 0.538. The van der Waals surface area contributed by atoms with Gasteiger partial charge >= 0.3 is 0 Å². The first-order valence-electron chi connectivity index (χ1n) is 9.59. The molecule has 4 rings (SSSR count). The number of hydrogen-bond acceptors (Lipinski definition) is 5. The Kier molecular flexibility index (Phi) is 5.19. The van der Waals surface area contributed by atoms with E-state index in [0.717, 1.165) is 46.9 Å². The van der Waals surface area contributed by atoms with Crippen LogP contribution in [0.1, 0.15) is 52.3 Å². The average molecular weight is 414 g/mol. The maximum absolute atomic E-state index is 13.3. The number of carbonyl (C=O) groups excluding carboxylic acids is 3. The van der Waals surface area contributed by atoms with Crippen LogP contribution in [0.25, 0.3) is 0 Å². The number of rotatable bonds is 4. The molecule has 1 aliphatic carbocycles. The third kappa shape index (κ3) is 3.33. The predicted octanol–water partition coefficient (Wildman–Crippen LogP) is 4.72. The van der Waals surface area contributed by atoms with Crippen molar-refractivity contribution in [3.63, 3.8) is 0 Å². The minimum atomic E-state index is -0.667. The van der Waals surface area contributed by atoms with Gasteiger partial charge in [-0.1, -0.05) is 43.8 Å². The molecule has 146 valence electrons. The van der Waals surface area contributed by atoms with Gasteiger partial charge in [0.25, 0.3) is 5.91 Å². The lowest BCUT2D eigenvalue weighted by molar-refractivity contribution is -0.112. The molecule has 4 nitrogen and oxygen atoms in total.